The summed E-state index contributed by atoms with van der Waals surface area (Å²) in [4.78, 5) is 11.5. The molecule has 3 nitrogen and oxygen atoms in total. The summed E-state index contributed by atoms with van der Waals surface area (Å²) in [5.74, 6) is 2.88. The fourth-order valence-electron chi connectivity index (χ4n) is 5.28. The van der Waals surface area contributed by atoms with Crippen molar-refractivity contribution in [2.24, 2.45) is 41.2 Å². The van der Waals surface area contributed by atoms with Gasteiger partial charge in [-0.2, -0.15) is 0 Å². The lowest BCUT2D eigenvalue weighted by Crippen LogP contribution is -2.49. The molecule has 0 heterocycles. The van der Waals surface area contributed by atoms with Crippen molar-refractivity contribution in [1.29, 1.82) is 0 Å². The van der Waals surface area contributed by atoms with E-state index in [-0.39, 0.29) is 5.92 Å². The van der Waals surface area contributed by atoms with Gasteiger partial charge in [-0.3, -0.25) is 4.79 Å². The molecule has 4 bridgehead atoms. The summed E-state index contributed by atoms with van der Waals surface area (Å²) in [5.41, 5.74) is 5.60. The van der Waals surface area contributed by atoms with Crippen LogP contribution in [-0.4, -0.2) is 17.6 Å². The van der Waals surface area contributed by atoms with Crippen molar-refractivity contribution in [3.05, 3.63) is 0 Å². The van der Waals surface area contributed by atoms with Gasteiger partial charge in [0.15, 0.2) is 0 Å². The first kappa shape index (κ1) is 11.5. The molecule has 4 fully saturated rings. The van der Waals surface area contributed by atoms with E-state index in [1.807, 2.05) is 0 Å². The molecule has 0 radical (unpaired) electrons. The van der Waals surface area contributed by atoms with Crippen LogP contribution in [0.5, 0.6) is 0 Å². The first-order valence-electron chi connectivity index (χ1n) is 7.12. The Hall–Kier alpha value is -0.570. The van der Waals surface area contributed by atoms with Crippen LogP contribution in [0.3, 0.4) is 0 Å². The lowest BCUT2D eigenvalue weighted by Gasteiger charge is -2.56. The molecule has 0 aromatic carbocycles. The largest absolute Gasteiger partial charge is 0.481 e. The Kier molecular flexibility index (Phi) is 2.89. The van der Waals surface area contributed by atoms with Crippen molar-refractivity contribution in [3.63, 3.8) is 0 Å². The van der Waals surface area contributed by atoms with Crippen LogP contribution in [-0.2, 0) is 4.79 Å². The van der Waals surface area contributed by atoms with E-state index in [9.17, 15) is 9.90 Å². The molecular formula is C14H23NO2. The Morgan fingerprint density at radius 2 is 1.65 bits per heavy atom. The summed E-state index contributed by atoms with van der Waals surface area (Å²) < 4.78 is 0. The van der Waals surface area contributed by atoms with Gasteiger partial charge in [0.05, 0.1) is 5.92 Å². The molecule has 0 aromatic rings. The molecule has 0 saturated heterocycles. The molecule has 0 aromatic heterocycles. The highest BCUT2D eigenvalue weighted by molar-refractivity contribution is 5.70. The minimum absolute atomic E-state index is 0.171. The van der Waals surface area contributed by atoms with E-state index in [4.69, 9.17) is 5.73 Å². The predicted molar refractivity (Wildman–Crippen MR) is 65.3 cm³/mol. The summed E-state index contributed by atoms with van der Waals surface area (Å²) >= 11 is 0. The summed E-state index contributed by atoms with van der Waals surface area (Å²) in [6.45, 7) is 0.514. The third kappa shape index (κ3) is 1.88. The zero-order chi connectivity index (χ0) is 12.0. The molecule has 4 aliphatic rings. The number of carboxylic acid groups (broad SMARTS) is 1. The Labute approximate surface area is 103 Å². The van der Waals surface area contributed by atoms with E-state index >= 15 is 0 Å². The van der Waals surface area contributed by atoms with Gasteiger partial charge in [-0.1, -0.05) is 0 Å². The topological polar surface area (TPSA) is 63.3 Å². The number of hydrogen-bond acceptors (Lipinski definition) is 2. The Balaban J connectivity index is 1.80. The molecule has 3 heteroatoms. The van der Waals surface area contributed by atoms with Crippen LogP contribution in [0, 0.1) is 35.5 Å². The molecule has 1 atom stereocenters. The van der Waals surface area contributed by atoms with Gasteiger partial charge in [-0.25, -0.2) is 0 Å². The van der Waals surface area contributed by atoms with Gasteiger partial charge in [-0.15, -0.1) is 0 Å². The molecule has 1 unspecified atom stereocenters. The monoisotopic (exact) mass is 237 g/mol. The van der Waals surface area contributed by atoms with Gasteiger partial charge >= 0.3 is 5.97 Å². The number of aliphatic carboxylic acids is 1. The Bertz CT molecular complexity index is 287. The molecule has 0 spiro atoms. The molecule has 96 valence electrons. The second-order valence-electron chi connectivity index (χ2n) is 6.53. The van der Waals surface area contributed by atoms with Crippen LogP contribution in [0.2, 0.25) is 0 Å². The van der Waals surface area contributed by atoms with E-state index in [0.29, 0.717) is 30.7 Å². The SMILES string of the molecule is NCCC(C(=O)O)C1C2CC3CC(C2)CC1C3. The predicted octanol–water partition coefficient (Wildman–Crippen LogP) is 2.11. The first-order chi connectivity index (χ1) is 8.19. The zero-order valence-corrected chi connectivity index (χ0v) is 10.3. The fraction of sp³-hybridized carbons (Fsp3) is 0.929. The van der Waals surface area contributed by atoms with Crippen LogP contribution >= 0.6 is 0 Å². The lowest BCUT2D eigenvalue weighted by molar-refractivity contribution is -0.151. The van der Waals surface area contributed by atoms with Crippen LogP contribution in [0.25, 0.3) is 0 Å². The van der Waals surface area contributed by atoms with E-state index in [2.05, 4.69) is 0 Å². The zero-order valence-electron chi connectivity index (χ0n) is 10.3. The van der Waals surface area contributed by atoms with Crippen LogP contribution in [0.4, 0.5) is 0 Å². The second kappa shape index (κ2) is 4.27. The molecule has 3 N–H and O–H groups in total. The van der Waals surface area contributed by atoms with Gasteiger partial charge in [0, 0.05) is 0 Å². The van der Waals surface area contributed by atoms with Gasteiger partial charge in [0.1, 0.15) is 0 Å². The van der Waals surface area contributed by atoms with Crippen LogP contribution in [0.1, 0.15) is 38.5 Å². The number of nitrogens with two attached hydrogens (primary N) is 1. The van der Waals surface area contributed by atoms with Crippen molar-refractivity contribution in [1.82, 2.24) is 0 Å². The van der Waals surface area contributed by atoms with Gasteiger partial charge in [0.2, 0.25) is 0 Å². The molecule has 4 aliphatic carbocycles. The highest BCUT2D eigenvalue weighted by Gasteiger charge is 2.51. The Morgan fingerprint density at radius 3 is 2.06 bits per heavy atom. The van der Waals surface area contributed by atoms with Crippen molar-refractivity contribution in [2.45, 2.75) is 38.5 Å². The van der Waals surface area contributed by atoms with Gasteiger partial charge < -0.3 is 10.8 Å². The third-order valence-electron chi connectivity index (χ3n) is 5.56. The maximum absolute atomic E-state index is 11.5. The standard InChI is InChI=1S/C14H23NO2/c15-2-1-12(14(16)17)13-10-4-8-3-9(6-10)7-11(13)5-8/h8-13H,1-7,15H2,(H,16,17). The summed E-state index contributed by atoms with van der Waals surface area (Å²) in [5, 5.41) is 9.43. The van der Waals surface area contributed by atoms with E-state index in [0.717, 1.165) is 11.8 Å². The van der Waals surface area contributed by atoms with Gasteiger partial charge in [0.25, 0.3) is 0 Å². The maximum Gasteiger partial charge on any atom is 0.306 e. The normalized spacial score (nSPS) is 44.9. The van der Waals surface area contributed by atoms with E-state index < -0.39 is 5.97 Å². The molecule has 0 aliphatic heterocycles. The average Bonchev–Trinajstić information content (AvgIpc) is 2.26. The van der Waals surface area contributed by atoms with Crippen LogP contribution < -0.4 is 5.73 Å². The summed E-state index contributed by atoms with van der Waals surface area (Å²) in [6.07, 6.45) is 7.28. The fourth-order valence-corrected chi connectivity index (χ4v) is 5.28. The maximum atomic E-state index is 11.5. The highest BCUT2D eigenvalue weighted by atomic mass is 16.4. The first-order valence-corrected chi connectivity index (χ1v) is 7.12. The number of rotatable bonds is 4. The quantitative estimate of drug-likeness (QED) is 0.787. The molecule has 4 saturated carbocycles. The third-order valence-corrected chi connectivity index (χ3v) is 5.56. The van der Waals surface area contributed by atoms with E-state index in [1.54, 1.807) is 0 Å². The lowest BCUT2D eigenvalue weighted by atomic mass is 9.49. The molecule has 17 heavy (non-hydrogen) atoms. The number of hydrogen-bond donors (Lipinski definition) is 2. The van der Waals surface area contributed by atoms with Gasteiger partial charge in [-0.05, 0) is 74.7 Å². The number of carboxylic acids is 1. The Morgan fingerprint density at radius 1 is 1.12 bits per heavy atom. The second-order valence-corrected chi connectivity index (χ2v) is 6.53. The van der Waals surface area contributed by atoms with Crippen molar-refractivity contribution in [2.75, 3.05) is 6.54 Å². The minimum Gasteiger partial charge on any atom is -0.481 e. The highest BCUT2D eigenvalue weighted by Crippen LogP contribution is 2.58. The molecule has 0 amide bonds. The molecular weight excluding hydrogens is 214 g/mol. The van der Waals surface area contributed by atoms with Crippen molar-refractivity contribution >= 4 is 5.97 Å². The summed E-state index contributed by atoms with van der Waals surface area (Å²) in [7, 11) is 0. The minimum atomic E-state index is -0.604. The van der Waals surface area contributed by atoms with E-state index in [1.165, 1.54) is 32.1 Å². The van der Waals surface area contributed by atoms with Crippen LogP contribution in [0.15, 0.2) is 0 Å². The smallest absolute Gasteiger partial charge is 0.306 e. The summed E-state index contributed by atoms with van der Waals surface area (Å²) in [6, 6.07) is 0. The average molecular weight is 237 g/mol. The molecule has 4 rings (SSSR count). The van der Waals surface area contributed by atoms with Crippen molar-refractivity contribution < 1.29 is 9.90 Å². The number of carbonyl (C=O) groups is 1. The van der Waals surface area contributed by atoms with Crippen molar-refractivity contribution in [3.8, 4) is 0 Å².